The summed E-state index contributed by atoms with van der Waals surface area (Å²) in [7, 11) is 0. The molecular formula is C7H13Cl3OSi. The van der Waals surface area contributed by atoms with Crippen LogP contribution in [0.5, 0.6) is 0 Å². The van der Waals surface area contributed by atoms with E-state index in [-0.39, 0.29) is 0 Å². The summed E-state index contributed by atoms with van der Waals surface area (Å²) in [6, 6.07) is 0. The predicted octanol–water partition coefficient (Wildman–Crippen LogP) is 4.25. The fraction of sp³-hybridized carbons (Fsp3) is 0.714. The van der Waals surface area contributed by atoms with Gasteiger partial charge in [-0.05, 0) is 12.8 Å². The van der Waals surface area contributed by atoms with E-state index in [0.29, 0.717) is 0 Å². The van der Waals surface area contributed by atoms with E-state index in [9.17, 15) is 0 Å². The molecule has 0 aromatic rings. The van der Waals surface area contributed by atoms with Crippen LogP contribution in [0.15, 0.2) is 12.3 Å². The van der Waals surface area contributed by atoms with E-state index in [4.69, 9.17) is 37.7 Å². The van der Waals surface area contributed by atoms with E-state index in [2.05, 4.69) is 6.92 Å². The van der Waals surface area contributed by atoms with Gasteiger partial charge in [0.25, 0.3) is 0 Å². The Hall–Kier alpha value is 0.627. The standard InChI is InChI=1S/C7H13Cl3OSi/c1-2-3-4-5-6-7-11-12(8,9)10/h6-7H,2-5H2,1H3. The van der Waals surface area contributed by atoms with Crippen molar-refractivity contribution in [1.82, 2.24) is 0 Å². The van der Waals surface area contributed by atoms with Gasteiger partial charge < -0.3 is 4.43 Å². The molecule has 0 saturated carbocycles. The SMILES string of the molecule is CCCCCC=CO[Si](Cl)(Cl)Cl. The van der Waals surface area contributed by atoms with Crippen LogP contribution >= 0.6 is 33.2 Å². The van der Waals surface area contributed by atoms with E-state index in [1.165, 1.54) is 19.1 Å². The van der Waals surface area contributed by atoms with Crippen molar-refractivity contribution in [3.63, 3.8) is 0 Å². The second kappa shape index (κ2) is 7.07. The van der Waals surface area contributed by atoms with E-state index < -0.39 is 6.25 Å². The van der Waals surface area contributed by atoms with Crippen LogP contribution in [-0.2, 0) is 4.43 Å². The molecule has 0 aliphatic heterocycles. The Morgan fingerprint density at radius 2 is 1.92 bits per heavy atom. The Kier molecular flexibility index (Phi) is 7.44. The molecule has 72 valence electrons. The van der Waals surface area contributed by atoms with Gasteiger partial charge in [-0.2, -0.15) is 0 Å². The normalized spacial score (nSPS) is 12.3. The van der Waals surface area contributed by atoms with E-state index in [1.807, 2.05) is 6.08 Å². The van der Waals surface area contributed by atoms with Crippen molar-refractivity contribution in [2.45, 2.75) is 32.6 Å². The minimum Gasteiger partial charge on any atom is -0.515 e. The maximum absolute atomic E-state index is 5.47. The fourth-order valence-electron chi connectivity index (χ4n) is 0.705. The Balaban J connectivity index is 3.26. The third-order valence-electron chi connectivity index (χ3n) is 1.27. The number of hydrogen-bond donors (Lipinski definition) is 0. The lowest BCUT2D eigenvalue weighted by Crippen LogP contribution is -2.11. The number of allylic oxidation sites excluding steroid dienone is 1. The number of halogens is 3. The lowest BCUT2D eigenvalue weighted by molar-refractivity contribution is 0.511. The fourth-order valence-corrected chi connectivity index (χ4v) is 1.42. The van der Waals surface area contributed by atoms with Gasteiger partial charge in [-0.15, -0.1) is 0 Å². The average Bonchev–Trinajstić information content (AvgIpc) is 1.94. The van der Waals surface area contributed by atoms with Gasteiger partial charge in [0.15, 0.2) is 0 Å². The highest BCUT2D eigenvalue weighted by Gasteiger charge is 2.27. The minimum absolute atomic E-state index is 0.989. The summed E-state index contributed by atoms with van der Waals surface area (Å²) in [6.45, 7) is 2.16. The maximum Gasteiger partial charge on any atom is 0.555 e. The zero-order valence-electron chi connectivity index (χ0n) is 7.03. The van der Waals surface area contributed by atoms with Gasteiger partial charge in [-0.3, -0.25) is 0 Å². The first-order valence-electron chi connectivity index (χ1n) is 3.96. The molecule has 5 heteroatoms. The molecule has 0 fully saturated rings. The average molecular weight is 248 g/mol. The zero-order chi connectivity index (χ0) is 9.45. The highest BCUT2D eigenvalue weighted by molar-refractivity contribution is 7.62. The van der Waals surface area contributed by atoms with Crippen LogP contribution in [0.1, 0.15) is 32.6 Å². The summed E-state index contributed by atoms with van der Waals surface area (Å²) in [6.07, 6.45) is 5.09. The van der Waals surface area contributed by atoms with Gasteiger partial charge in [0, 0.05) is 0 Å². The molecular weight excluding hydrogens is 235 g/mol. The number of unbranched alkanes of at least 4 members (excludes halogenated alkanes) is 3. The van der Waals surface area contributed by atoms with E-state index in [0.717, 1.165) is 12.8 Å². The van der Waals surface area contributed by atoms with Crippen LogP contribution < -0.4 is 0 Å². The van der Waals surface area contributed by atoms with Gasteiger partial charge in [0.05, 0.1) is 6.26 Å². The highest BCUT2D eigenvalue weighted by atomic mass is 35.8. The first-order chi connectivity index (χ1) is 5.56. The van der Waals surface area contributed by atoms with Crippen molar-refractivity contribution in [1.29, 1.82) is 0 Å². The summed E-state index contributed by atoms with van der Waals surface area (Å²) < 4.78 is 4.86. The highest BCUT2D eigenvalue weighted by Crippen LogP contribution is 2.21. The number of hydrogen-bond acceptors (Lipinski definition) is 1. The lowest BCUT2D eigenvalue weighted by atomic mass is 10.2. The summed E-state index contributed by atoms with van der Waals surface area (Å²) in [5.41, 5.74) is 0. The lowest BCUT2D eigenvalue weighted by Gasteiger charge is -2.04. The van der Waals surface area contributed by atoms with Crippen molar-refractivity contribution in [3.05, 3.63) is 12.3 Å². The van der Waals surface area contributed by atoms with Crippen molar-refractivity contribution in [2.24, 2.45) is 0 Å². The first-order valence-corrected chi connectivity index (χ1v) is 8.90. The third kappa shape index (κ3) is 10.6. The Bertz CT molecular complexity index is 133. The molecule has 0 aromatic carbocycles. The van der Waals surface area contributed by atoms with Crippen molar-refractivity contribution >= 4 is 39.5 Å². The maximum atomic E-state index is 5.47. The predicted molar refractivity (Wildman–Crippen MR) is 57.7 cm³/mol. The van der Waals surface area contributed by atoms with Gasteiger partial charge in [0.2, 0.25) is 0 Å². The Morgan fingerprint density at radius 3 is 2.42 bits per heavy atom. The Labute approximate surface area is 88.9 Å². The molecule has 0 aliphatic rings. The molecule has 0 atom stereocenters. The summed E-state index contributed by atoms with van der Waals surface area (Å²) >= 11 is 16.4. The van der Waals surface area contributed by atoms with Crippen LogP contribution in [0.4, 0.5) is 0 Å². The topological polar surface area (TPSA) is 9.23 Å². The first kappa shape index (κ1) is 12.6. The molecule has 0 rings (SSSR count). The Morgan fingerprint density at radius 1 is 1.25 bits per heavy atom. The van der Waals surface area contributed by atoms with Crippen LogP contribution in [-0.4, -0.2) is 6.25 Å². The second-order valence-corrected chi connectivity index (χ2v) is 10.1. The molecule has 0 heterocycles. The molecule has 0 amide bonds. The van der Waals surface area contributed by atoms with Gasteiger partial charge in [-0.25, -0.2) is 0 Å². The van der Waals surface area contributed by atoms with Crippen LogP contribution in [0.3, 0.4) is 0 Å². The molecule has 0 aromatic heterocycles. The molecule has 0 saturated heterocycles. The van der Waals surface area contributed by atoms with Crippen molar-refractivity contribution < 1.29 is 4.43 Å². The molecule has 0 aliphatic carbocycles. The summed E-state index contributed by atoms with van der Waals surface area (Å²) in [5.74, 6) is 0. The smallest absolute Gasteiger partial charge is 0.515 e. The van der Waals surface area contributed by atoms with Crippen molar-refractivity contribution in [2.75, 3.05) is 0 Å². The van der Waals surface area contributed by atoms with Gasteiger partial charge >= 0.3 is 6.25 Å². The van der Waals surface area contributed by atoms with Crippen molar-refractivity contribution in [3.8, 4) is 0 Å². The molecule has 0 bridgehead atoms. The van der Waals surface area contributed by atoms with Crippen LogP contribution in [0.2, 0.25) is 0 Å². The largest absolute Gasteiger partial charge is 0.555 e. The summed E-state index contributed by atoms with van der Waals surface area (Å²) in [5, 5.41) is 0. The van der Waals surface area contributed by atoms with E-state index in [1.54, 1.807) is 0 Å². The van der Waals surface area contributed by atoms with Gasteiger partial charge in [-0.1, -0.05) is 59.1 Å². The molecule has 0 spiro atoms. The quantitative estimate of drug-likeness (QED) is 0.295. The molecule has 12 heavy (non-hydrogen) atoms. The molecule has 0 unspecified atom stereocenters. The second-order valence-electron chi connectivity index (χ2n) is 2.43. The molecule has 0 N–H and O–H groups in total. The van der Waals surface area contributed by atoms with Crippen LogP contribution in [0, 0.1) is 0 Å². The monoisotopic (exact) mass is 246 g/mol. The summed E-state index contributed by atoms with van der Waals surface area (Å²) in [4.78, 5) is 0. The number of rotatable bonds is 6. The minimum atomic E-state index is -2.90. The van der Waals surface area contributed by atoms with E-state index >= 15 is 0 Å². The molecule has 1 nitrogen and oxygen atoms in total. The van der Waals surface area contributed by atoms with Crippen LogP contribution in [0.25, 0.3) is 0 Å². The van der Waals surface area contributed by atoms with Gasteiger partial charge in [0.1, 0.15) is 0 Å². The molecule has 0 radical (unpaired) electrons. The third-order valence-corrected chi connectivity index (χ3v) is 2.48. The zero-order valence-corrected chi connectivity index (χ0v) is 10.3.